The highest BCUT2D eigenvalue weighted by Gasteiger charge is 2.50. The first-order valence-electron chi connectivity index (χ1n) is 16.1. The summed E-state index contributed by atoms with van der Waals surface area (Å²) >= 11 is 6.30. The first kappa shape index (κ1) is 35.7. The maximum absolute atomic E-state index is 14.8. The smallest absolute Gasteiger partial charge is 0.269 e. The maximum atomic E-state index is 14.8. The molecule has 0 aliphatic heterocycles. The minimum Gasteiger partial charge on any atom is -0.461 e. The van der Waals surface area contributed by atoms with E-state index in [1.807, 2.05) is 36.4 Å². The Balaban J connectivity index is 1.23. The Morgan fingerprint density at radius 1 is 0.882 bits per heavy atom. The van der Waals surface area contributed by atoms with Gasteiger partial charge in [0.05, 0.1) is 37.2 Å². The second-order valence-electron chi connectivity index (χ2n) is 12.6. The molecule has 0 bridgehead atoms. The number of benzene rings is 3. The van der Waals surface area contributed by atoms with Crippen molar-refractivity contribution in [3.63, 3.8) is 0 Å². The van der Waals surface area contributed by atoms with Crippen LogP contribution in [0.5, 0.6) is 5.88 Å². The first-order valence-corrected chi connectivity index (χ1v) is 18.4. The molecule has 14 heteroatoms. The van der Waals surface area contributed by atoms with E-state index in [2.05, 4.69) is 70.4 Å². The lowest BCUT2D eigenvalue weighted by Crippen LogP contribution is -2.66. The Labute approximate surface area is 299 Å². The molecular weight excluding hydrogens is 694 g/mol. The summed E-state index contributed by atoms with van der Waals surface area (Å²) < 4.78 is 48.6. The molecule has 1 unspecified atom stereocenters. The van der Waals surface area contributed by atoms with Crippen molar-refractivity contribution in [2.45, 2.75) is 31.9 Å². The highest BCUT2D eigenvalue weighted by Crippen LogP contribution is 2.36. The third-order valence-electron chi connectivity index (χ3n) is 8.24. The van der Waals surface area contributed by atoms with Gasteiger partial charge in [0.25, 0.3) is 14.2 Å². The second kappa shape index (κ2) is 15.4. The molecule has 0 aliphatic carbocycles. The molecule has 3 aromatic heterocycles. The summed E-state index contributed by atoms with van der Waals surface area (Å²) in [6.07, 6.45) is 2.32. The fourth-order valence-corrected chi connectivity index (χ4v) is 10.7. The lowest BCUT2D eigenvalue weighted by molar-refractivity contribution is -0.125. The Morgan fingerprint density at radius 2 is 1.59 bits per heavy atom. The Hall–Kier alpha value is -5.08. The van der Waals surface area contributed by atoms with Crippen LogP contribution in [0.1, 0.15) is 20.8 Å². The molecule has 0 saturated heterocycles. The highest BCUT2D eigenvalue weighted by molar-refractivity contribution is 6.99. The largest absolute Gasteiger partial charge is 0.461 e. The summed E-state index contributed by atoms with van der Waals surface area (Å²) in [7, 11) is -2.82. The maximum Gasteiger partial charge on any atom is 0.269 e. The van der Waals surface area contributed by atoms with Crippen molar-refractivity contribution in [3.8, 4) is 11.6 Å². The molecule has 1 atom stereocenters. The number of para-hydroxylation sites is 1. The van der Waals surface area contributed by atoms with Crippen LogP contribution in [0.3, 0.4) is 0 Å². The van der Waals surface area contributed by atoms with Crippen LogP contribution in [0.15, 0.2) is 110 Å². The zero-order valence-corrected chi connectivity index (χ0v) is 29.8. The number of carbonyl (C=O) groups is 1. The van der Waals surface area contributed by atoms with Gasteiger partial charge in [-0.1, -0.05) is 99.1 Å². The van der Waals surface area contributed by atoms with E-state index in [9.17, 15) is 13.6 Å². The fraction of sp³-hybridized carbons (Fsp3) is 0.216. The van der Waals surface area contributed by atoms with Gasteiger partial charge >= 0.3 is 0 Å². The molecule has 6 rings (SSSR count). The van der Waals surface area contributed by atoms with Crippen LogP contribution in [-0.2, 0) is 14.0 Å². The topological polar surface area (TPSA) is 113 Å². The van der Waals surface area contributed by atoms with E-state index in [0.29, 0.717) is 5.39 Å². The molecular formula is C37H35ClF2N6O4Si. The lowest BCUT2D eigenvalue weighted by Gasteiger charge is -2.43. The van der Waals surface area contributed by atoms with Gasteiger partial charge in [-0.25, -0.2) is 28.4 Å². The molecule has 1 amide bonds. The Morgan fingerprint density at radius 3 is 2.22 bits per heavy atom. The number of halogens is 3. The van der Waals surface area contributed by atoms with Gasteiger partial charge in [-0.05, 0) is 39.7 Å². The van der Waals surface area contributed by atoms with Crippen molar-refractivity contribution >= 4 is 53.1 Å². The van der Waals surface area contributed by atoms with E-state index in [1.165, 1.54) is 47.5 Å². The second-order valence-corrected chi connectivity index (χ2v) is 17.3. The van der Waals surface area contributed by atoms with Gasteiger partial charge in [-0.2, -0.15) is 5.10 Å². The van der Waals surface area contributed by atoms with E-state index < -0.39 is 32.0 Å². The van der Waals surface area contributed by atoms with Gasteiger partial charge in [-0.15, -0.1) is 0 Å². The number of nitrogens with zero attached hydrogens (tertiary/aromatic N) is 5. The van der Waals surface area contributed by atoms with Gasteiger partial charge in [0.2, 0.25) is 12.0 Å². The van der Waals surface area contributed by atoms with Crippen molar-refractivity contribution in [1.82, 2.24) is 24.7 Å². The summed E-state index contributed by atoms with van der Waals surface area (Å²) in [4.78, 5) is 26.0. The predicted octanol–water partition coefficient (Wildman–Crippen LogP) is 6.12. The number of carbonyl (C=O) groups excluding carboxylic acids is 1. The molecule has 51 heavy (non-hydrogen) atoms. The van der Waals surface area contributed by atoms with E-state index in [4.69, 9.17) is 25.5 Å². The van der Waals surface area contributed by atoms with E-state index >= 15 is 0 Å². The number of fused-ring (bicyclic) bond motifs is 1. The summed E-state index contributed by atoms with van der Waals surface area (Å²) in [5.41, 5.74) is 0.200. The number of anilines is 1. The molecule has 3 heterocycles. The van der Waals surface area contributed by atoms with Crippen LogP contribution in [0.2, 0.25) is 10.1 Å². The van der Waals surface area contributed by atoms with Gasteiger partial charge in [0.15, 0.2) is 5.65 Å². The summed E-state index contributed by atoms with van der Waals surface area (Å²) in [6.45, 7) is 6.70. The van der Waals surface area contributed by atoms with Crippen LogP contribution >= 0.6 is 11.6 Å². The summed E-state index contributed by atoms with van der Waals surface area (Å²) in [5, 5.41) is 9.34. The van der Waals surface area contributed by atoms with Crippen molar-refractivity contribution in [3.05, 3.63) is 126 Å². The Kier molecular flexibility index (Phi) is 10.8. The number of ether oxygens (including phenoxy) is 2. The number of hydrogen-bond acceptors (Lipinski definition) is 8. The van der Waals surface area contributed by atoms with Crippen LogP contribution in [0, 0.1) is 11.6 Å². The number of amides is 1. The van der Waals surface area contributed by atoms with Gasteiger partial charge < -0.3 is 19.2 Å². The van der Waals surface area contributed by atoms with E-state index in [-0.39, 0.29) is 52.9 Å². The van der Waals surface area contributed by atoms with Crippen LogP contribution < -0.4 is 20.4 Å². The highest BCUT2D eigenvalue weighted by atomic mass is 35.5. The number of hydrogen-bond donors (Lipinski definition) is 1. The lowest BCUT2D eigenvalue weighted by atomic mass is 10.2. The average Bonchev–Trinajstić information content (AvgIpc) is 3.55. The van der Waals surface area contributed by atoms with Gasteiger partial charge in [0.1, 0.15) is 34.9 Å². The number of pyridine rings is 1. The molecule has 262 valence electrons. The van der Waals surface area contributed by atoms with Crippen molar-refractivity contribution in [1.29, 1.82) is 0 Å². The molecule has 0 radical (unpaired) electrons. The van der Waals surface area contributed by atoms with Crippen molar-refractivity contribution in [2.24, 2.45) is 0 Å². The first-order chi connectivity index (χ1) is 24.6. The molecule has 3 aromatic carbocycles. The SMILES string of the molecule is CC(C)(C)[Si](OCCOCC(Oc1ncnc2c1cnn2-c1c(F)cccc1Cl)C(=O)Nc1ccc(F)cn1)(c1ccccc1)c1ccccc1. The third kappa shape index (κ3) is 7.66. The minimum atomic E-state index is -2.82. The zero-order chi connectivity index (χ0) is 36.0. The standard InChI is InChI=1S/C37H35ClF2N6O4Si/c1-37(2,3)51(26-11-6-4-7-12-26,27-13-8-5-9-14-27)49-20-19-48-23-31(35(47)45-32-18-17-25(39)21-41-32)50-36-28-22-44-46(34(28)42-24-43-36)33-29(38)15-10-16-30(33)40/h4-18,21-22,24,31H,19-20,23H2,1-3H3,(H,41,45,47). The van der Waals surface area contributed by atoms with E-state index in [1.54, 1.807) is 0 Å². The molecule has 0 fully saturated rings. The monoisotopic (exact) mass is 728 g/mol. The zero-order valence-electron chi connectivity index (χ0n) is 28.1. The molecule has 10 nitrogen and oxygen atoms in total. The summed E-state index contributed by atoms with van der Waals surface area (Å²) in [5.74, 6) is -1.68. The van der Waals surface area contributed by atoms with Crippen molar-refractivity contribution in [2.75, 3.05) is 25.1 Å². The minimum absolute atomic E-state index is 0.000263. The van der Waals surface area contributed by atoms with Gasteiger partial charge in [-0.3, -0.25) is 4.79 Å². The van der Waals surface area contributed by atoms with E-state index in [0.717, 1.165) is 16.6 Å². The Bertz CT molecular complexity index is 2040. The fourth-order valence-electron chi connectivity index (χ4n) is 5.93. The average molecular weight is 729 g/mol. The molecule has 0 aliphatic rings. The van der Waals surface area contributed by atoms with Crippen LogP contribution in [-0.4, -0.2) is 64.9 Å². The predicted molar refractivity (Wildman–Crippen MR) is 193 cm³/mol. The molecule has 6 aromatic rings. The van der Waals surface area contributed by atoms with Crippen molar-refractivity contribution < 1.29 is 27.5 Å². The summed E-state index contributed by atoms with van der Waals surface area (Å²) in [6, 6.07) is 27.2. The molecule has 0 spiro atoms. The van der Waals surface area contributed by atoms with Gasteiger partial charge in [0, 0.05) is 0 Å². The normalized spacial score (nSPS) is 12.5. The molecule has 1 N–H and O–H groups in total. The third-order valence-corrected chi connectivity index (χ3v) is 13.6. The van der Waals surface area contributed by atoms with Crippen LogP contribution in [0.4, 0.5) is 14.6 Å². The quantitative estimate of drug-likeness (QED) is 0.112. The molecule has 0 saturated carbocycles. The number of aromatic nitrogens is 5. The number of nitrogens with one attached hydrogen (secondary N) is 1. The number of rotatable bonds is 13. The van der Waals surface area contributed by atoms with Crippen LogP contribution in [0.25, 0.3) is 16.7 Å².